The Kier molecular flexibility index (Phi) is 4.11. The molecule has 0 spiro atoms. The Hall–Kier alpha value is -0.610. The van der Waals surface area contributed by atoms with Crippen LogP contribution in [-0.4, -0.2) is 42.6 Å². The van der Waals surface area contributed by atoms with E-state index in [-0.39, 0.29) is 17.6 Å². The van der Waals surface area contributed by atoms with Crippen LogP contribution < -0.4 is 5.73 Å². The molecule has 0 aromatic rings. The third-order valence-electron chi connectivity index (χ3n) is 3.20. The summed E-state index contributed by atoms with van der Waals surface area (Å²) in [5.41, 5.74) is 5.51. The monoisotopic (exact) mass is 214 g/mol. The molecule has 0 aliphatic carbocycles. The maximum absolute atomic E-state index is 12.0. The lowest BCUT2D eigenvalue weighted by Gasteiger charge is -2.32. The number of carbonyl (C=O) groups excluding carboxylic acids is 1. The van der Waals surface area contributed by atoms with Crippen molar-refractivity contribution in [3.63, 3.8) is 0 Å². The molecule has 1 unspecified atom stereocenters. The molecule has 88 valence electrons. The Labute approximate surface area is 91.8 Å². The van der Waals surface area contributed by atoms with Gasteiger partial charge in [0, 0.05) is 25.7 Å². The molecule has 0 radical (unpaired) electrons. The number of methoxy groups -OCH3 is 1. The van der Waals surface area contributed by atoms with Gasteiger partial charge in [0.15, 0.2) is 0 Å². The zero-order valence-electron chi connectivity index (χ0n) is 9.95. The van der Waals surface area contributed by atoms with Crippen LogP contribution in [0.2, 0.25) is 0 Å². The molecule has 1 aliphatic heterocycles. The first-order valence-electron chi connectivity index (χ1n) is 5.54. The number of likely N-dealkylation sites (tertiary alicyclic amines) is 1. The van der Waals surface area contributed by atoms with E-state index in [1.54, 1.807) is 7.11 Å². The summed E-state index contributed by atoms with van der Waals surface area (Å²) in [5.74, 6) is 0.162. The van der Waals surface area contributed by atoms with Crippen LogP contribution in [0.15, 0.2) is 0 Å². The minimum atomic E-state index is -0.145. The Balaban J connectivity index is 2.53. The average molecular weight is 214 g/mol. The van der Waals surface area contributed by atoms with Crippen molar-refractivity contribution in [1.82, 2.24) is 4.90 Å². The molecule has 0 aromatic carbocycles. The Morgan fingerprint density at radius 1 is 1.60 bits per heavy atom. The van der Waals surface area contributed by atoms with Crippen LogP contribution in [0, 0.1) is 0 Å². The van der Waals surface area contributed by atoms with Crippen molar-refractivity contribution >= 4 is 5.91 Å². The largest absolute Gasteiger partial charge is 0.380 e. The van der Waals surface area contributed by atoms with Gasteiger partial charge in [-0.05, 0) is 26.7 Å². The van der Waals surface area contributed by atoms with Crippen molar-refractivity contribution in [3.05, 3.63) is 0 Å². The van der Waals surface area contributed by atoms with Crippen molar-refractivity contribution < 1.29 is 9.53 Å². The number of hydrogen-bond donors (Lipinski definition) is 1. The highest BCUT2D eigenvalue weighted by atomic mass is 16.5. The Morgan fingerprint density at radius 3 is 2.67 bits per heavy atom. The highest BCUT2D eigenvalue weighted by Crippen LogP contribution is 2.28. The number of carbonyl (C=O) groups is 1. The molecular weight excluding hydrogens is 192 g/mol. The number of hydrogen-bond acceptors (Lipinski definition) is 3. The number of ether oxygens (including phenoxy) is 1. The fourth-order valence-electron chi connectivity index (χ4n) is 2.14. The molecule has 0 bridgehead atoms. The molecule has 2 N–H and O–H groups in total. The van der Waals surface area contributed by atoms with Gasteiger partial charge in [0.25, 0.3) is 0 Å². The molecule has 4 nitrogen and oxygen atoms in total. The van der Waals surface area contributed by atoms with Crippen LogP contribution in [0.5, 0.6) is 0 Å². The van der Waals surface area contributed by atoms with Gasteiger partial charge in [-0.2, -0.15) is 0 Å². The van der Waals surface area contributed by atoms with Crippen molar-refractivity contribution in [2.45, 2.75) is 44.8 Å². The van der Waals surface area contributed by atoms with Gasteiger partial charge < -0.3 is 15.4 Å². The SMILES string of the molecule is COC(CN)CC(=O)N1CCCC1(C)C. The second kappa shape index (κ2) is 4.94. The number of nitrogens with zero attached hydrogens (tertiary/aromatic N) is 1. The summed E-state index contributed by atoms with van der Waals surface area (Å²) in [7, 11) is 1.60. The van der Waals surface area contributed by atoms with Crippen molar-refractivity contribution in [2.75, 3.05) is 20.2 Å². The molecule has 0 aromatic heterocycles. The predicted molar refractivity (Wildman–Crippen MR) is 59.5 cm³/mol. The van der Waals surface area contributed by atoms with Crippen molar-refractivity contribution in [2.24, 2.45) is 5.73 Å². The van der Waals surface area contributed by atoms with Crippen molar-refractivity contribution in [3.8, 4) is 0 Å². The van der Waals surface area contributed by atoms with Gasteiger partial charge in [0.05, 0.1) is 12.5 Å². The maximum atomic E-state index is 12.0. The van der Waals surface area contributed by atoms with E-state index < -0.39 is 0 Å². The highest BCUT2D eigenvalue weighted by Gasteiger charge is 2.35. The molecule has 1 rings (SSSR count). The van der Waals surface area contributed by atoms with E-state index in [1.165, 1.54) is 0 Å². The molecule has 0 saturated carbocycles. The Morgan fingerprint density at radius 2 is 2.27 bits per heavy atom. The number of amides is 1. The molecule has 1 fully saturated rings. The lowest BCUT2D eigenvalue weighted by atomic mass is 10.0. The van der Waals surface area contributed by atoms with Gasteiger partial charge in [0.1, 0.15) is 0 Å². The minimum Gasteiger partial charge on any atom is -0.380 e. The number of nitrogens with two attached hydrogens (primary N) is 1. The first-order chi connectivity index (χ1) is 7.01. The third kappa shape index (κ3) is 2.92. The average Bonchev–Trinajstić information content (AvgIpc) is 2.54. The second-order valence-electron chi connectivity index (χ2n) is 4.76. The van der Waals surface area contributed by atoms with Crippen LogP contribution in [0.25, 0.3) is 0 Å². The smallest absolute Gasteiger partial charge is 0.225 e. The molecule has 4 heteroatoms. The van der Waals surface area contributed by atoms with E-state index in [0.717, 1.165) is 19.4 Å². The van der Waals surface area contributed by atoms with Gasteiger partial charge in [-0.25, -0.2) is 0 Å². The zero-order valence-corrected chi connectivity index (χ0v) is 9.95. The van der Waals surface area contributed by atoms with Crippen LogP contribution >= 0.6 is 0 Å². The normalized spacial score (nSPS) is 21.7. The quantitative estimate of drug-likeness (QED) is 0.751. The maximum Gasteiger partial charge on any atom is 0.225 e. The molecule has 1 heterocycles. The van der Waals surface area contributed by atoms with Crippen LogP contribution in [0.3, 0.4) is 0 Å². The van der Waals surface area contributed by atoms with Crippen LogP contribution in [0.4, 0.5) is 0 Å². The summed E-state index contributed by atoms with van der Waals surface area (Å²) in [6.45, 7) is 5.49. The standard InChI is InChI=1S/C11H22N2O2/c1-11(2)5-4-6-13(11)10(14)7-9(8-12)15-3/h9H,4-8,12H2,1-3H3. The van der Waals surface area contributed by atoms with E-state index in [0.29, 0.717) is 13.0 Å². The van der Waals surface area contributed by atoms with Gasteiger partial charge >= 0.3 is 0 Å². The summed E-state index contributed by atoms with van der Waals surface area (Å²) in [5, 5.41) is 0. The topological polar surface area (TPSA) is 55.6 Å². The summed E-state index contributed by atoms with van der Waals surface area (Å²) >= 11 is 0. The summed E-state index contributed by atoms with van der Waals surface area (Å²) in [6, 6.07) is 0. The molecular formula is C11H22N2O2. The summed E-state index contributed by atoms with van der Waals surface area (Å²) < 4.78 is 5.13. The van der Waals surface area contributed by atoms with Crippen molar-refractivity contribution in [1.29, 1.82) is 0 Å². The number of rotatable bonds is 4. The lowest BCUT2D eigenvalue weighted by molar-refractivity contribution is -0.136. The highest BCUT2D eigenvalue weighted by molar-refractivity contribution is 5.77. The first-order valence-corrected chi connectivity index (χ1v) is 5.54. The van der Waals surface area contributed by atoms with E-state index in [1.807, 2.05) is 4.90 Å². The third-order valence-corrected chi connectivity index (χ3v) is 3.20. The fourth-order valence-corrected chi connectivity index (χ4v) is 2.14. The summed E-state index contributed by atoms with van der Waals surface area (Å²) in [4.78, 5) is 13.9. The van der Waals surface area contributed by atoms with Gasteiger partial charge in [-0.15, -0.1) is 0 Å². The van der Waals surface area contributed by atoms with E-state index in [2.05, 4.69) is 13.8 Å². The lowest BCUT2D eigenvalue weighted by Crippen LogP contribution is -2.44. The molecule has 1 amide bonds. The molecule has 1 aliphatic rings. The van der Waals surface area contributed by atoms with E-state index in [4.69, 9.17) is 10.5 Å². The first kappa shape index (κ1) is 12.5. The van der Waals surface area contributed by atoms with Gasteiger partial charge in [-0.1, -0.05) is 0 Å². The van der Waals surface area contributed by atoms with Gasteiger partial charge in [-0.3, -0.25) is 4.79 Å². The predicted octanol–water partition coefficient (Wildman–Crippen LogP) is 0.751. The second-order valence-corrected chi connectivity index (χ2v) is 4.76. The van der Waals surface area contributed by atoms with Gasteiger partial charge in [0.2, 0.25) is 5.91 Å². The summed E-state index contributed by atoms with van der Waals surface area (Å²) in [6.07, 6.45) is 2.43. The fraction of sp³-hybridized carbons (Fsp3) is 0.909. The van der Waals surface area contributed by atoms with Crippen LogP contribution in [-0.2, 0) is 9.53 Å². The molecule has 1 saturated heterocycles. The Bertz CT molecular complexity index is 225. The molecule has 1 atom stereocenters. The van der Waals surface area contributed by atoms with E-state index >= 15 is 0 Å². The zero-order chi connectivity index (χ0) is 11.5. The van der Waals surface area contributed by atoms with Crippen LogP contribution in [0.1, 0.15) is 33.1 Å². The molecule has 15 heavy (non-hydrogen) atoms. The minimum absolute atomic E-state index is 0.00394. The van der Waals surface area contributed by atoms with E-state index in [9.17, 15) is 4.79 Å².